The summed E-state index contributed by atoms with van der Waals surface area (Å²) < 4.78 is 2.36. The van der Waals surface area contributed by atoms with E-state index in [1.54, 1.807) is 0 Å². The molecule has 1 aromatic carbocycles. The number of fused-ring (bicyclic) bond motifs is 1. The van der Waals surface area contributed by atoms with Crippen molar-refractivity contribution in [3.8, 4) is 0 Å². The quantitative estimate of drug-likeness (QED) is 0.652. The van der Waals surface area contributed by atoms with Crippen molar-refractivity contribution < 1.29 is 0 Å². The normalized spacial score (nSPS) is 24.4. The van der Waals surface area contributed by atoms with Gasteiger partial charge >= 0.3 is 0 Å². The van der Waals surface area contributed by atoms with Crippen molar-refractivity contribution in [1.29, 1.82) is 0 Å². The highest BCUT2D eigenvalue weighted by Gasteiger charge is 2.30. The van der Waals surface area contributed by atoms with Crippen LogP contribution in [0, 0.1) is 0 Å². The van der Waals surface area contributed by atoms with Gasteiger partial charge in [0.1, 0.15) is 5.82 Å². The van der Waals surface area contributed by atoms with Crippen LogP contribution in [0.15, 0.2) is 18.2 Å². The summed E-state index contributed by atoms with van der Waals surface area (Å²) in [6.07, 6.45) is 7.26. The van der Waals surface area contributed by atoms with E-state index in [0.29, 0.717) is 11.3 Å². The predicted octanol–water partition coefficient (Wildman–Crippen LogP) is 5.84. The molecule has 0 N–H and O–H groups in total. The molecule has 0 bridgehead atoms. The van der Waals surface area contributed by atoms with Crippen LogP contribution in [0.4, 0.5) is 0 Å². The van der Waals surface area contributed by atoms with Crippen molar-refractivity contribution in [2.45, 2.75) is 49.3 Å². The summed E-state index contributed by atoms with van der Waals surface area (Å²) in [5.74, 6) is 0.972. The van der Waals surface area contributed by atoms with Crippen molar-refractivity contribution in [2.75, 3.05) is 6.26 Å². The molecule has 0 aliphatic heterocycles. The first-order valence-electron chi connectivity index (χ1n) is 7.46. The number of aromatic nitrogens is 2. The SMILES string of the molecule is CSC1CCCCC1n1c(C(C)Cl)nc2ccc(Cl)cc21. The highest BCUT2D eigenvalue weighted by Crippen LogP contribution is 2.40. The van der Waals surface area contributed by atoms with Crippen molar-refractivity contribution in [2.24, 2.45) is 0 Å². The second kappa shape index (κ2) is 6.39. The Labute approximate surface area is 140 Å². The minimum Gasteiger partial charge on any atom is -0.322 e. The monoisotopic (exact) mass is 342 g/mol. The van der Waals surface area contributed by atoms with E-state index in [9.17, 15) is 0 Å². The lowest BCUT2D eigenvalue weighted by Crippen LogP contribution is -2.26. The van der Waals surface area contributed by atoms with Crippen LogP contribution in [-0.2, 0) is 0 Å². The number of hydrogen-bond acceptors (Lipinski definition) is 2. The van der Waals surface area contributed by atoms with E-state index in [0.717, 1.165) is 21.9 Å². The molecule has 21 heavy (non-hydrogen) atoms. The fourth-order valence-electron chi connectivity index (χ4n) is 3.36. The molecule has 0 radical (unpaired) electrons. The van der Waals surface area contributed by atoms with Crippen LogP contribution >= 0.6 is 35.0 Å². The first kappa shape index (κ1) is 15.5. The molecule has 1 aromatic heterocycles. The first-order valence-corrected chi connectivity index (χ1v) is 9.56. The van der Waals surface area contributed by atoms with E-state index < -0.39 is 0 Å². The van der Waals surface area contributed by atoms with Gasteiger partial charge in [0.05, 0.1) is 16.4 Å². The summed E-state index contributed by atoms with van der Waals surface area (Å²) in [6, 6.07) is 6.39. The van der Waals surface area contributed by atoms with Crippen LogP contribution in [0.25, 0.3) is 11.0 Å². The topological polar surface area (TPSA) is 17.8 Å². The zero-order valence-corrected chi connectivity index (χ0v) is 14.7. The summed E-state index contributed by atoms with van der Waals surface area (Å²) in [5, 5.41) is 1.29. The number of hydrogen-bond donors (Lipinski definition) is 0. The summed E-state index contributed by atoms with van der Waals surface area (Å²) in [7, 11) is 0. The minimum absolute atomic E-state index is 0.0967. The molecule has 114 valence electrons. The summed E-state index contributed by atoms with van der Waals surface area (Å²) in [5.41, 5.74) is 2.11. The Bertz CT molecular complexity index is 638. The van der Waals surface area contributed by atoms with Gasteiger partial charge in [-0.3, -0.25) is 0 Å². The standard InChI is InChI=1S/C16H20Cl2N2S/c1-10(17)16-19-12-8-7-11(18)9-14(12)20(16)13-5-3-4-6-15(13)21-2/h7-10,13,15H,3-6H2,1-2H3. The first-order chi connectivity index (χ1) is 10.1. The number of nitrogens with zero attached hydrogens (tertiary/aromatic N) is 2. The number of alkyl halides is 1. The molecule has 5 heteroatoms. The van der Waals surface area contributed by atoms with Crippen LogP contribution < -0.4 is 0 Å². The minimum atomic E-state index is -0.0967. The second-order valence-corrected chi connectivity index (χ2v) is 7.88. The third-order valence-electron chi connectivity index (χ3n) is 4.34. The molecular weight excluding hydrogens is 323 g/mol. The molecular formula is C16H20Cl2N2S. The lowest BCUT2D eigenvalue weighted by atomic mass is 9.94. The van der Waals surface area contributed by atoms with Gasteiger partial charge in [-0.25, -0.2) is 4.98 Å². The zero-order chi connectivity index (χ0) is 15.0. The van der Waals surface area contributed by atoms with Gasteiger partial charge in [-0.2, -0.15) is 11.8 Å². The van der Waals surface area contributed by atoms with Gasteiger partial charge in [-0.05, 0) is 44.2 Å². The molecule has 1 saturated carbocycles. The molecule has 2 nitrogen and oxygen atoms in total. The Morgan fingerprint density at radius 1 is 1.33 bits per heavy atom. The molecule has 3 atom stereocenters. The summed E-state index contributed by atoms with van der Waals surface area (Å²) in [4.78, 5) is 4.76. The number of benzene rings is 1. The molecule has 1 heterocycles. The lowest BCUT2D eigenvalue weighted by molar-refractivity contribution is 0.363. The lowest BCUT2D eigenvalue weighted by Gasteiger charge is -2.33. The molecule has 3 rings (SSSR count). The van der Waals surface area contributed by atoms with Gasteiger partial charge < -0.3 is 4.57 Å². The van der Waals surface area contributed by atoms with Gasteiger partial charge in [-0.15, -0.1) is 11.6 Å². The number of thioether (sulfide) groups is 1. The Morgan fingerprint density at radius 2 is 2.10 bits per heavy atom. The second-order valence-electron chi connectivity index (χ2n) is 5.72. The highest BCUT2D eigenvalue weighted by molar-refractivity contribution is 7.99. The summed E-state index contributed by atoms with van der Waals surface area (Å²) in [6.45, 7) is 2.00. The molecule has 2 aromatic rings. The zero-order valence-electron chi connectivity index (χ0n) is 12.4. The van der Waals surface area contributed by atoms with E-state index in [-0.39, 0.29) is 5.38 Å². The van der Waals surface area contributed by atoms with Crippen molar-refractivity contribution in [1.82, 2.24) is 9.55 Å². The van der Waals surface area contributed by atoms with E-state index in [1.165, 1.54) is 25.7 Å². The average Bonchev–Trinajstić information content (AvgIpc) is 2.85. The van der Waals surface area contributed by atoms with Crippen molar-refractivity contribution >= 4 is 46.0 Å². The summed E-state index contributed by atoms with van der Waals surface area (Å²) >= 11 is 14.6. The highest BCUT2D eigenvalue weighted by atomic mass is 35.5. The van der Waals surface area contributed by atoms with Gasteiger partial charge in [0.15, 0.2) is 0 Å². The number of rotatable bonds is 3. The maximum atomic E-state index is 6.41. The van der Waals surface area contributed by atoms with Crippen LogP contribution in [0.2, 0.25) is 5.02 Å². The largest absolute Gasteiger partial charge is 0.322 e. The van der Waals surface area contributed by atoms with Crippen molar-refractivity contribution in [3.05, 3.63) is 29.0 Å². The maximum absolute atomic E-state index is 6.41. The Morgan fingerprint density at radius 3 is 2.81 bits per heavy atom. The Balaban J connectivity index is 2.18. The van der Waals surface area contributed by atoms with Crippen LogP contribution in [-0.4, -0.2) is 21.1 Å². The smallest absolute Gasteiger partial charge is 0.128 e. The fraction of sp³-hybridized carbons (Fsp3) is 0.562. The Hall–Kier alpha value is -0.380. The van der Waals surface area contributed by atoms with Gasteiger partial charge in [0.2, 0.25) is 0 Å². The number of imidazole rings is 1. The third-order valence-corrected chi connectivity index (χ3v) is 5.92. The van der Waals surface area contributed by atoms with E-state index in [1.807, 2.05) is 36.9 Å². The molecule has 3 unspecified atom stereocenters. The van der Waals surface area contributed by atoms with E-state index in [4.69, 9.17) is 28.2 Å². The molecule has 1 aliphatic carbocycles. The molecule has 0 amide bonds. The molecule has 0 saturated heterocycles. The van der Waals surface area contributed by atoms with Crippen LogP contribution in [0.5, 0.6) is 0 Å². The average molecular weight is 343 g/mol. The third kappa shape index (κ3) is 2.93. The van der Waals surface area contributed by atoms with Crippen molar-refractivity contribution in [3.63, 3.8) is 0 Å². The van der Waals surface area contributed by atoms with Gasteiger partial charge in [-0.1, -0.05) is 24.4 Å². The predicted molar refractivity (Wildman–Crippen MR) is 93.8 cm³/mol. The van der Waals surface area contributed by atoms with Gasteiger partial charge in [0.25, 0.3) is 0 Å². The Kier molecular flexibility index (Phi) is 4.72. The number of halogens is 2. The van der Waals surface area contributed by atoms with Crippen LogP contribution in [0.1, 0.15) is 49.9 Å². The molecule has 1 fully saturated rings. The van der Waals surface area contributed by atoms with Gasteiger partial charge in [0, 0.05) is 16.3 Å². The van der Waals surface area contributed by atoms with Crippen LogP contribution in [0.3, 0.4) is 0 Å². The van der Waals surface area contributed by atoms with E-state index >= 15 is 0 Å². The fourth-order valence-corrected chi connectivity index (χ4v) is 4.66. The van der Waals surface area contributed by atoms with E-state index in [2.05, 4.69) is 10.8 Å². The molecule has 0 spiro atoms. The molecule has 1 aliphatic rings. The maximum Gasteiger partial charge on any atom is 0.128 e.